The maximum Gasteiger partial charge on any atom is 0.323 e. The van der Waals surface area contributed by atoms with Gasteiger partial charge < -0.3 is 15.3 Å². The van der Waals surface area contributed by atoms with Crippen LogP contribution < -0.4 is 11.0 Å². The Labute approximate surface area is 139 Å². The summed E-state index contributed by atoms with van der Waals surface area (Å²) >= 11 is 0.996. The van der Waals surface area contributed by atoms with Gasteiger partial charge in [-0.3, -0.25) is 4.79 Å². The minimum Gasteiger partial charge on any atom is -0.325 e. The summed E-state index contributed by atoms with van der Waals surface area (Å²) in [5, 5.41) is 2.11. The fourth-order valence-corrected chi connectivity index (χ4v) is 3.03. The van der Waals surface area contributed by atoms with Crippen molar-refractivity contribution in [3.63, 3.8) is 0 Å². The van der Waals surface area contributed by atoms with Gasteiger partial charge >= 0.3 is 5.69 Å². The highest BCUT2D eigenvalue weighted by molar-refractivity contribution is 8.00. The number of fused-ring (bicyclic) bond motifs is 1. The number of thioether (sulfide) groups is 1. The molecule has 0 aliphatic heterocycles. The molecule has 0 fully saturated rings. The third kappa shape index (κ3) is 3.48. The van der Waals surface area contributed by atoms with Crippen LogP contribution in [0.25, 0.3) is 11.0 Å². The molecule has 0 aliphatic carbocycles. The molecule has 0 saturated heterocycles. The molecule has 1 heterocycles. The van der Waals surface area contributed by atoms with Crippen molar-refractivity contribution in [1.82, 2.24) is 9.97 Å². The summed E-state index contributed by atoms with van der Waals surface area (Å²) in [6.45, 7) is 1.62. The van der Waals surface area contributed by atoms with Crippen molar-refractivity contribution in [2.24, 2.45) is 0 Å². The Morgan fingerprint density at radius 1 is 1.12 bits per heavy atom. The van der Waals surface area contributed by atoms with Gasteiger partial charge in [0.25, 0.3) is 0 Å². The van der Waals surface area contributed by atoms with E-state index in [2.05, 4.69) is 15.3 Å². The van der Waals surface area contributed by atoms with Crippen LogP contribution in [0, 0.1) is 11.6 Å². The standard InChI is InChI=1S/C16H13F2N3O2S/c1-8(24-14-5-2-9(17)6-11(14)18)15(22)19-10-3-4-12-13(7-10)21-16(23)20-12/h2-8H,1H3,(H,19,22)(H2,20,21,23)/t8-/m1/s1. The number of aromatic amines is 2. The zero-order valence-corrected chi connectivity index (χ0v) is 13.3. The van der Waals surface area contributed by atoms with E-state index in [0.717, 1.165) is 23.9 Å². The van der Waals surface area contributed by atoms with E-state index in [9.17, 15) is 18.4 Å². The Balaban J connectivity index is 1.71. The third-order valence-corrected chi connectivity index (χ3v) is 4.50. The highest BCUT2D eigenvalue weighted by Gasteiger charge is 2.17. The zero-order valence-electron chi connectivity index (χ0n) is 12.5. The molecular formula is C16H13F2N3O2S. The number of nitrogens with one attached hydrogen (secondary N) is 3. The molecule has 2 aromatic carbocycles. The zero-order chi connectivity index (χ0) is 17.3. The van der Waals surface area contributed by atoms with Gasteiger partial charge in [-0.05, 0) is 37.3 Å². The topological polar surface area (TPSA) is 77.8 Å². The number of benzene rings is 2. The molecule has 0 aliphatic rings. The van der Waals surface area contributed by atoms with Crippen molar-refractivity contribution >= 4 is 34.4 Å². The van der Waals surface area contributed by atoms with Gasteiger partial charge in [-0.25, -0.2) is 13.6 Å². The van der Waals surface area contributed by atoms with Gasteiger partial charge in [0.2, 0.25) is 5.91 Å². The second-order valence-corrected chi connectivity index (χ2v) is 6.55. The van der Waals surface area contributed by atoms with E-state index in [1.165, 1.54) is 6.07 Å². The van der Waals surface area contributed by atoms with Crippen LogP contribution in [-0.2, 0) is 4.79 Å². The molecule has 3 rings (SSSR count). The molecular weight excluding hydrogens is 336 g/mol. The molecule has 0 saturated carbocycles. The van der Waals surface area contributed by atoms with Gasteiger partial charge in [-0.2, -0.15) is 0 Å². The SMILES string of the molecule is C[C@@H](Sc1ccc(F)cc1F)C(=O)Nc1ccc2[nH]c(=O)[nH]c2c1. The number of imidazole rings is 1. The summed E-state index contributed by atoms with van der Waals surface area (Å²) in [6, 6.07) is 8.17. The van der Waals surface area contributed by atoms with Crippen LogP contribution in [0.3, 0.4) is 0 Å². The van der Waals surface area contributed by atoms with Gasteiger partial charge in [-0.1, -0.05) is 0 Å². The van der Waals surface area contributed by atoms with Crippen LogP contribution in [-0.4, -0.2) is 21.1 Å². The maximum atomic E-state index is 13.6. The van der Waals surface area contributed by atoms with Crippen LogP contribution in [0.15, 0.2) is 46.1 Å². The summed E-state index contributed by atoms with van der Waals surface area (Å²) in [7, 11) is 0. The summed E-state index contributed by atoms with van der Waals surface area (Å²) in [5.74, 6) is -1.70. The lowest BCUT2D eigenvalue weighted by molar-refractivity contribution is -0.115. The summed E-state index contributed by atoms with van der Waals surface area (Å²) < 4.78 is 26.6. The molecule has 1 atom stereocenters. The van der Waals surface area contributed by atoms with E-state index in [-0.39, 0.29) is 16.5 Å². The van der Waals surface area contributed by atoms with E-state index in [4.69, 9.17) is 0 Å². The number of aromatic nitrogens is 2. The number of rotatable bonds is 4. The Kier molecular flexibility index (Phi) is 4.39. The number of amides is 1. The Morgan fingerprint density at radius 2 is 1.88 bits per heavy atom. The Hall–Kier alpha value is -2.61. The number of carbonyl (C=O) groups excluding carboxylic acids is 1. The minimum absolute atomic E-state index is 0.199. The molecule has 124 valence electrons. The van der Waals surface area contributed by atoms with Crippen LogP contribution in [0.2, 0.25) is 0 Å². The molecule has 0 spiro atoms. The summed E-state index contributed by atoms with van der Waals surface area (Å²) in [6.07, 6.45) is 0. The first-order chi connectivity index (χ1) is 11.4. The lowest BCUT2D eigenvalue weighted by Gasteiger charge is -2.12. The molecule has 3 N–H and O–H groups in total. The van der Waals surface area contributed by atoms with Gasteiger partial charge in [-0.15, -0.1) is 11.8 Å². The molecule has 1 aromatic heterocycles. The second kappa shape index (κ2) is 6.48. The predicted molar refractivity (Wildman–Crippen MR) is 89.2 cm³/mol. The van der Waals surface area contributed by atoms with Crippen LogP contribution in [0.1, 0.15) is 6.92 Å². The number of halogens is 2. The molecule has 0 radical (unpaired) electrons. The summed E-state index contributed by atoms with van der Waals surface area (Å²) in [4.78, 5) is 28.9. The van der Waals surface area contributed by atoms with E-state index >= 15 is 0 Å². The molecule has 0 unspecified atom stereocenters. The number of H-pyrrole nitrogens is 2. The first kappa shape index (κ1) is 16.3. The minimum atomic E-state index is -0.703. The highest BCUT2D eigenvalue weighted by Crippen LogP contribution is 2.27. The van der Waals surface area contributed by atoms with Crippen molar-refractivity contribution < 1.29 is 13.6 Å². The largest absolute Gasteiger partial charge is 0.325 e. The second-order valence-electron chi connectivity index (χ2n) is 5.16. The molecule has 3 aromatic rings. The van der Waals surface area contributed by atoms with E-state index < -0.39 is 16.9 Å². The van der Waals surface area contributed by atoms with Crippen molar-refractivity contribution in [3.8, 4) is 0 Å². The average Bonchev–Trinajstić information content (AvgIpc) is 2.89. The molecule has 24 heavy (non-hydrogen) atoms. The lowest BCUT2D eigenvalue weighted by atomic mass is 10.2. The Morgan fingerprint density at radius 3 is 2.62 bits per heavy atom. The van der Waals surface area contributed by atoms with E-state index in [1.807, 2.05) is 0 Å². The van der Waals surface area contributed by atoms with Crippen molar-refractivity contribution in [2.45, 2.75) is 17.1 Å². The fourth-order valence-electron chi connectivity index (χ4n) is 2.17. The van der Waals surface area contributed by atoms with Crippen LogP contribution in [0.4, 0.5) is 14.5 Å². The number of hydrogen-bond acceptors (Lipinski definition) is 3. The predicted octanol–water partition coefficient (Wildman–Crippen LogP) is 3.25. The number of carbonyl (C=O) groups is 1. The Bertz CT molecular complexity index is 967. The molecule has 0 bridgehead atoms. The van der Waals surface area contributed by atoms with Gasteiger partial charge in [0, 0.05) is 16.6 Å². The number of anilines is 1. The smallest absolute Gasteiger partial charge is 0.323 e. The quantitative estimate of drug-likeness (QED) is 0.633. The molecule has 8 heteroatoms. The van der Waals surface area contributed by atoms with Crippen molar-refractivity contribution in [1.29, 1.82) is 0 Å². The first-order valence-corrected chi connectivity index (χ1v) is 7.95. The van der Waals surface area contributed by atoms with Crippen LogP contribution >= 0.6 is 11.8 Å². The first-order valence-electron chi connectivity index (χ1n) is 7.07. The van der Waals surface area contributed by atoms with E-state index in [1.54, 1.807) is 25.1 Å². The van der Waals surface area contributed by atoms with Crippen molar-refractivity contribution in [3.05, 3.63) is 58.5 Å². The summed E-state index contributed by atoms with van der Waals surface area (Å²) in [5.41, 5.74) is 1.38. The number of hydrogen-bond donors (Lipinski definition) is 3. The maximum absolute atomic E-state index is 13.6. The monoisotopic (exact) mass is 349 g/mol. The highest BCUT2D eigenvalue weighted by atomic mass is 32.2. The fraction of sp³-hybridized carbons (Fsp3) is 0.125. The normalized spacial score (nSPS) is 12.3. The van der Waals surface area contributed by atoms with Gasteiger partial charge in [0.05, 0.1) is 16.3 Å². The van der Waals surface area contributed by atoms with Gasteiger partial charge in [0.1, 0.15) is 11.6 Å². The average molecular weight is 349 g/mol. The van der Waals surface area contributed by atoms with Gasteiger partial charge in [0.15, 0.2) is 0 Å². The third-order valence-electron chi connectivity index (χ3n) is 3.35. The van der Waals surface area contributed by atoms with E-state index in [0.29, 0.717) is 16.7 Å². The lowest BCUT2D eigenvalue weighted by Crippen LogP contribution is -2.22. The molecule has 5 nitrogen and oxygen atoms in total. The van der Waals surface area contributed by atoms with Crippen LogP contribution in [0.5, 0.6) is 0 Å². The van der Waals surface area contributed by atoms with Crippen molar-refractivity contribution in [2.75, 3.05) is 5.32 Å². The molecule has 1 amide bonds.